The van der Waals surface area contributed by atoms with Crippen LogP contribution in [-0.2, 0) is 9.47 Å². The predicted octanol–water partition coefficient (Wildman–Crippen LogP) is 2.11. The first-order valence-electron chi connectivity index (χ1n) is 9.50. The minimum atomic E-state index is -0.275. The third-order valence-electron chi connectivity index (χ3n) is 5.15. The highest BCUT2D eigenvalue weighted by Gasteiger charge is 2.48. The Balaban J connectivity index is 1.25. The van der Waals surface area contributed by atoms with Crippen molar-refractivity contribution in [1.82, 2.24) is 15.3 Å². The van der Waals surface area contributed by atoms with Crippen LogP contribution in [0.5, 0.6) is 0 Å². The van der Waals surface area contributed by atoms with Crippen LogP contribution in [0.25, 0.3) is 11.3 Å². The van der Waals surface area contributed by atoms with Gasteiger partial charge >= 0.3 is 0 Å². The van der Waals surface area contributed by atoms with E-state index in [1.165, 1.54) is 6.26 Å². The predicted molar refractivity (Wildman–Crippen MR) is 104 cm³/mol. The van der Waals surface area contributed by atoms with Crippen molar-refractivity contribution in [3.05, 3.63) is 66.8 Å². The molecule has 0 saturated carbocycles. The Bertz CT molecular complexity index is 979. The van der Waals surface area contributed by atoms with Gasteiger partial charge in [-0.2, -0.15) is 0 Å². The first kappa shape index (κ1) is 17.8. The van der Waals surface area contributed by atoms with E-state index in [9.17, 15) is 4.79 Å². The van der Waals surface area contributed by atoms with Crippen LogP contribution in [0.3, 0.4) is 0 Å². The number of hydrogen-bond donors (Lipinski definition) is 2. The molecule has 2 aromatic heterocycles. The lowest BCUT2D eigenvalue weighted by molar-refractivity contribution is 0.0646. The number of benzene rings is 1. The van der Waals surface area contributed by atoms with E-state index in [1.807, 2.05) is 36.4 Å². The van der Waals surface area contributed by atoms with E-state index in [1.54, 1.807) is 18.3 Å². The van der Waals surface area contributed by atoms with E-state index < -0.39 is 0 Å². The summed E-state index contributed by atoms with van der Waals surface area (Å²) >= 11 is 0. The summed E-state index contributed by atoms with van der Waals surface area (Å²) in [5.74, 6) is 0.516. The molecular formula is C21H20N4O4. The Morgan fingerprint density at radius 1 is 0.966 bits per heavy atom. The van der Waals surface area contributed by atoms with Crippen molar-refractivity contribution in [2.75, 3.05) is 18.5 Å². The second-order valence-corrected chi connectivity index (χ2v) is 7.04. The van der Waals surface area contributed by atoms with E-state index in [2.05, 4.69) is 20.6 Å². The van der Waals surface area contributed by atoms with Crippen LogP contribution in [0.4, 0.5) is 5.95 Å². The molecule has 0 aliphatic carbocycles. The molecule has 2 aliphatic heterocycles. The van der Waals surface area contributed by atoms with Gasteiger partial charge in [0.25, 0.3) is 5.91 Å². The highest BCUT2D eigenvalue weighted by atomic mass is 16.6. The van der Waals surface area contributed by atoms with Crippen LogP contribution in [-0.4, -0.2) is 53.4 Å². The molecular weight excluding hydrogens is 372 g/mol. The minimum absolute atomic E-state index is 0.100. The van der Waals surface area contributed by atoms with Gasteiger partial charge in [0.1, 0.15) is 12.2 Å². The Hall–Kier alpha value is -3.23. The summed E-state index contributed by atoms with van der Waals surface area (Å²) < 4.78 is 17.0. The maximum Gasteiger partial charge on any atom is 0.287 e. The Morgan fingerprint density at radius 3 is 2.55 bits per heavy atom. The molecule has 2 N–H and O–H groups in total. The van der Waals surface area contributed by atoms with Crippen LogP contribution in [0.2, 0.25) is 0 Å². The van der Waals surface area contributed by atoms with Crippen molar-refractivity contribution in [3.63, 3.8) is 0 Å². The van der Waals surface area contributed by atoms with Crippen molar-refractivity contribution in [1.29, 1.82) is 0 Å². The molecule has 1 aromatic carbocycles. The zero-order chi connectivity index (χ0) is 19.6. The molecule has 4 heterocycles. The molecule has 2 fully saturated rings. The minimum Gasteiger partial charge on any atom is -0.459 e. The van der Waals surface area contributed by atoms with E-state index in [0.717, 1.165) is 11.3 Å². The van der Waals surface area contributed by atoms with Crippen molar-refractivity contribution in [2.45, 2.75) is 24.3 Å². The number of nitrogens with zero attached hydrogens (tertiary/aromatic N) is 2. The number of ether oxygens (including phenoxy) is 2. The molecule has 5 rings (SSSR count). The molecule has 0 unspecified atom stereocenters. The van der Waals surface area contributed by atoms with Crippen molar-refractivity contribution in [3.8, 4) is 11.3 Å². The molecule has 0 spiro atoms. The first-order valence-corrected chi connectivity index (χ1v) is 9.50. The lowest BCUT2D eigenvalue weighted by Crippen LogP contribution is -2.44. The van der Waals surface area contributed by atoms with E-state index in [0.29, 0.717) is 19.2 Å². The van der Waals surface area contributed by atoms with Gasteiger partial charge in [-0.05, 0) is 18.2 Å². The van der Waals surface area contributed by atoms with Gasteiger partial charge in [0.2, 0.25) is 5.95 Å². The molecule has 2 aliphatic rings. The Morgan fingerprint density at radius 2 is 1.76 bits per heavy atom. The Labute approximate surface area is 167 Å². The van der Waals surface area contributed by atoms with Crippen LogP contribution < -0.4 is 10.6 Å². The van der Waals surface area contributed by atoms with Crippen LogP contribution >= 0.6 is 0 Å². The molecule has 4 atom stereocenters. The van der Waals surface area contributed by atoms with Gasteiger partial charge in [0.05, 0.1) is 37.3 Å². The van der Waals surface area contributed by atoms with Crippen LogP contribution in [0, 0.1) is 0 Å². The zero-order valence-corrected chi connectivity index (χ0v) is 15.5. The smallest absolute Gasteiger partial charge is 0.287 e. The fraction of sp³-hybridized carbons (Fsp3) is 0.286. The molecule has 29 heavy (non-hydrogen) atoms. The SMILES string of the molecule is O=C(N[C@H]1CO[C@H]2[C@@H]1OC[C@@H]2Nc1nccc(-c2ccccc2)n1)c1ccco1. The molecule has 8 nitrogen and oxygen atoms in total. The van der Waals surface area contributed by atoms with Crippen LogP contribution in [0.15, 0.2) is 65.4 Å². The number of carbonyl (C=O) groups is 1. The summed E-state index contributed by atoms with van der Waals surface area (Å²) in [6.45, 7) is 0.826. The number of nitrogens with one attached hydrogen (secondary N) is 2. The maximum atomic E-state index is 12.2. The average Bonchev–Trinajstić information content (AvgIpc) is 3.49. The van der Waals surface area contributed by atoms with Gasteiger partial charge in [0, 0.05) is 11.8 Å². The monoisotopic (exact) mass is 392 g/mol. The standard InChI is InChI=1S/C21H20N4O4/c26-20(17-7-4-10-27-17)23-15-11-28-19-16(12-29-18(15)19)25-21-22-9-8-14(24-21)13-5-2-1-3-6-13/h1-10,15-16,18-19H,11-12H2,(H,23,26)(H,22,24,25)/t15-,16-,18+,19+/m0/s1. The highest BCUT2D eigenvalue weighted by Crippen LogP contribution is 2.29. The maximum absolute atomic E-state index is 12.2. The number of amides is 1. The lowest BCUT2D eigenvalue weighted by atomic mass is 10.1. The zero-order valence-electron chi connectivity index (χ0n) is 15.5. The van der Waals surface area contributed by atoms with Gasteiger partial charge < -0.3 is 24.5 Å². The third kappa shape index (κ3) is 3.59. The molecule has 0 bridgehead atoms. The molecule has 3 aromatic rings. The highest BCUT2D eigenvalue weighted by molar-refractivity contribution is 5.91. The van der Waals surface area contributed by atoms with Gasteiger partial charge in [-0.25, -0.2) is 9.97 Å². The van der Waals surface area contributed by atoms with Gasteiger partial charge in [-0.1, -0.05) is 30.3 Å². The Kier molecular flexibility index (Phi) is 4.71. The number of aromatic nitrogens is 2. The van der Waals surface area contributed by atoms with E-state index in [-0.39, 0.29) is 36.0 Å². The third-order valence-corrected chi connectivity index (χ3v) is 5.15. The fourth-order valence-corrected chi connectivity index (χ4v) is 3.76. The average molecular weight is 392 g/mol. The normalized spacial score (nSPS) is 25.5. The summed E-state index contributed by atoms with van der Waals surface area (Å²) in [4.78, 5) is 21.2. The van der Waals surface area contributed by atoms with Crippen molar-refractivity contribution in [2.24, 2.45) is 0 Å². The first-order chi connectivity index (χ1) is 14.3. The molecule has 148 valence electrons. The molecule has 1 amide bonds. The lowest BCUT2D eigenvalue weighted by Gasteiger charge is -2.18. The number of hydrogen-bond acceptors (Lipinski definition) is 7. The number of anilines is 1. The summed E-state index contributed by atoms with van der Waals surface area (Å²) in [5.41, 5.74) is 1.87. The number of fused-ring (bicyclic) bond motifs is 1. The second-order valence-electron chi connectivity index (χ2n) is 7.04. The van der Waals surface area contributed by atoms with Crippen molar-refractivity contribution < 1.29 is 18.7 Å². The second kappa shape index (κ2) is 7.65. The summed E-state index contributed by atoms with van der Waals surface area (Å²) in [6, 6.07) is 14.8. The molecule has 0 radical (unpaired) electrons. The molecule has 8 heteroatoms. The topological polar surface area (TPSA) is 98.5 Å². The van der Waals surface area contributed by atoms with E-state index >= 15 is 0 Å². The summed E-state index contributed by atoms with van der Waals surface area (Å²) in [5, 5.41) is 6.25. The van der Waals surface area contributed by atoms with Gasteiger partial charge in [-0.15, -0.1) is 0 Å². The number of carbonyl (C=O) groups excluding carboxylic acids is 1. The van der Waals surface area contributed by atoms with E-state index in [4.69, 9.17) is 13.9 Å². The summed E-state index contributed by atoms with van der Waals surface area (Å²) in [6.07, 6.45) is 2.77. The summed E-state index contributed by atoms with van der Waals surface area (Å²) in [7, 11) is 0. The number of furan rings is 1. The fourth-order valence-electron chi connectivity index (χ4n) is 3.76. The largest absolute Gasteiger partial charge is 0.459 e. The van der Waals surface area contributed by atoms with Gasteiger partial charge in [0.15, 0.2) is 5.76 Å². The van der Waals surface area contributed by atoms with Crippen LogP contribution in [0.1, 0.15) is 10.6 Å². The van der Waals surface area contributed by atoms with Gasteiger partial charge in [-0.3, -0.25) is 4.79 Å². The quantitative estimate of drug-likeness (QED) is 0.686. The number of rotatable bonds is 5. The van der Waals surface area contributed by atoms with Crippen molar-refractivity contribution >= 4 is 11.9 Å². The molecule has 2 saturated heterocycles.